The number of aliphatic hydroxyl groups excluding tert-OH is 1. The van der Waals surface area contributed by atoms with Crippen molar-refractivity contribution in [2.24, 2.45) is 0 Å². The molecule has 0 saturated heterocycles. The quantitative estimate of drug-likeness (QED) is 0.636. The SMILES string of the molecule is CCN(Cc1cccc(NC(=O)c2ccccc2C(O)O)c1)S(C)(=O)=O. The van der Waals surface area contributed by atoms with Gasteiger partial charge in [-0.15, -0.1) is 0 Å². The molecule has 0 atom stereocenters. The van der Waals surface area contributed by atoms with Crippen LogP contribution in [0.3, 0.4) is 0 Å². The van der Waals surface area contributed by atoms with E-state index in [1.807, 2.05) is 0 Å². The third kappa shape index (κ3) is 5.12. The summed E-state index contributed by atoms with van der Waals surface area (Å²) in [7, 11) is -3.32. The van der Waals surface area contributed by atoms with Crippen LogP contribution in [0.15, 0.2) is 48.5 Å². The monoisotopic (exact) mass is 378 g/mol. The molecule has 0 saturated carbocycles. The Hall–Kier alpha value is -2.26. The maximum Gasteiger partial charge on any atom is 0.256 e. The van der Waals surface area contributed by atoms with Gasteiger partial charge in [0.1, 0.15) is 0 Å². The first kappa shape index (κ1) is 20.1. The predicted octanol–water partition coefficient (Wildman–Crippen LogP) is 1.70. The Labute approximate surface area is 152 Å². The zero-order valence-electron chi connectivity index (χ0n) is 14.6. The lowest BCUT2D eigenvalue weighted by molar-refractivity contribution is -0.0429. The first-order valence-electron chi connectivity index (χ1n) is 8.03. The second-order valence-corrected chi connectivity index (χ2v) is 7.79. The standard InChI is InChI=1S/C18H22N2O5S/c1-3-20(26(2,24)25)12-13-7-6-8-14(11-13)19-17(21)15-9-4-5-10-16(15)18(22)23/h4-11,18,22-23H,3,12H2,1-2H3,(H,19,21). The number of rotatable bonds is 7. The molecule has 2 aromatic rings. The van der Waals surface area contributed by atoms with Crippen molar-refractivity contribution in [3.8, 4) is 0 Å². The number of anilines is 1. The summed E-state index contributed by atoms with van der Waals surface area (Å²) in [5, 5.41) is 21.5. The van der Waals surface area contributed by atoms with E-state index in [1.54, 1.807) is 43.3 Å². The van der Waals surface area contributed by atoms with Crippen LogP contribution in [0.25, 0.3) is 0 Å². The van der Waals surface area contributed by atoms with Gasteiger partial charge in [-0.1, -0.05) is 37.3 Å². The Morgan fingerprint density at radius 2 is 1.85 bits per heavy atom. The molecule has 26 heavy (non-hydrogen) atoms. The van der Waals surface area contributed by atoms with Gasteiger partial charge < -0.3 is 15.5 Å². The highest BCUT2D eigenvalue weighted by molar-refractivity contribution is 7.88. The summed E-state index contributed by atoms with van der Waals surface area (Å²) in [6, 6.07) is 13.0. The van der Waals surface area contributed by atoms with Crippen LogP contribution in [0.5, 0.6) is 0 Å². The van der Waals surface area contributed by atoms with E-state index in [4.69, 9.17) is 0 Å². The number of nitrogens with zero attached hydrogens (tertiary/aromatic N) is 1. The van der Waals surface area contributed by atoms with Gasteiger partial charge in [0.25, 0.3) is 5.91 Å². The molecule has 0 aliphatic carbocycles. The summed E-state index contributed by atoms with van der Waals surface area (Å²) in [6.07, 6.45) is -0.602. The smallest absolute Gasteiger partial charge is 0.256 e. The number of carbonyl (C=O) groups excluding carboxylic acids is 1. The van der Waals surface area contributed by atoms with Crippen LogP contribution in [0.1, 0.15) is 34.7 Å². The fourth-order valence-electron chi connectivity index (χ4n) is 2.54. The molecule has 0 aliphatic heterocycles. The van der Waals surface area contributed by atoms with Crippen molar-refractivity contribution in [3.63, 3.8) is 0 Å². The number of nitrogens with one attached hydrogen (secondary N) is 1. The van der Waals surface area contributed by atoms with Crippen molar-refractivity contribution in [2.75, 3.05) is 18.1 Å². The maximum atomic E-state index is 12.4. The number of sulfonamides is 1. The van der Waals surface area contributed by atoms with Crippen LogP contribution in [-0.2, 0) is 16.6 Å². The second-order valence-electron chi connectivity index (χ2n) is 5.80. The normalized spacial score (nSPS) is 11.8. The Kier molecular flexibility index (Phi) is 6.49. The molecule has 3 N–H and O–H groups in total. The molecule has 7 nitrogen and oxygen atoms in total. The van der Waals surface area contributed by atoms with Crippen LogP contribution in [-0.4, -0.2) is 41.6 Å². The van der Waals surface area contributed by atoms with Gasteiger partial charge in [-0.3, -0.25) is 4.79 Å². The Morgan fingerprint density at radius 1 is 1.15 bits per heavy atom. The van der Waals surface area contributed by atoms with E-state index < -0.39 is 22.2 Å². The van der Waals surface area contributed by atoms with Gasteiger partial charge in [0.05, 0.1) is 6.26 Å². The van der Waals surface area contributed by atoms with Crippen molar-refractivity contribution >= 4 is 21.6 Å². The van der Waals surface area contributed by atoms with Gasteiger partial charge in [-0.2, -0.15) is 4.31 Å². The molecule has 0 bridgehead atoms. The number of aliphatic hydroxyl groups is 2. The molecule has 0 aliphatic rings. The molecule has 1 amide bonds. The minimum absolute atomic E-state index is 0.107. The second kappa shape index (κ2) is 8.41. The third-order valence-corrected chi connectivity index (χ3v) is 5.17. The van der Waals surface area contributed by atoms with Crippen LogP contribution in [0.2, 0.25) is 0 Å². The molecule has 0 aromatic heterocycles. The van der Waals surface area contributed by atoms with Gasteiger partial charge in [-0.25, -0.2) is 8.42 Å². The number of benzene rings is 2. The highest BCUT2D eigenvalue weighted by atomic mass is 32.2. The average Bonchev–Trinajstić information content (AvgIpc) is 2.59. The van der Waals surface area contributed by atoms with Crippen molar-refractivity contribution < 1.29 is 23.4 Å². The number of amides is 1. The summed E-state index contributed by atoms with van der Waals surface area (Å²) in [4.78, 5) is 12.4. The van der Waals surface area contributed by atoms with Crippen LogP contribution in [0.4, 0.5) is 5.69 Å². The number of hydrogen-bond donors (Lipinski definition) is 3. The average molecular weight is 378 g/mol. The molecule has 0 radical (unpaired) electrons. The summed E-state index contributed by atoms with van der Waals surface area (Å²) in [5.74, 6) is -0.485. The minimum atomic E-state index is -3.32. The van der Waals surface area contributed by atoms with E-state index in [9.17, 15) is 23.4 Å². The van der Waals surface area contributed by atoms with Crippen molar-refractivity contribution in [3.05, 3.63) is 65.2 Å². The summed E-state index contributed by atoms with van der Waals surface area (Å²) < 4.78 is 24.8. The van der Waals surface area contributed by atoms with Gasteiger partial charge >= 0.3 is 0 Å². The molecule has 0 fully saturated rings. The van der Waals surface area contributed by atoms with E-state index in [-0.39, 0.29) is 17.7 Å². The lowest BCUT2D eigenvalue weighted by Crippen LogP contribution is -2.29. The zero-order chi connectivity index (χ0) is 19.3. The van der Waals surface area contributed by atoms with E-state index in [0.717, 1.165) is 11.8 Å². The first-order chi connectivity index (χ1) is 12.2. The minimum Gasteiger partial charge on any atom is -0.364 e. The van der Waals surface area contributed by atoms with Crippen LogP contribution < -0.4 is 5.32 Å². The van der Waals surface area contributed by atoms with Gasteiger partial charge in [0.15, 0.2) is 6.29 Å². The van der Waals surface area contributed by atoms with E-state index in [2.05, 4.69) is 5.32 Å². The van der Waals surface area contributed by atoms with Crippen LogP contribution >= 0.6 is 0 Å². The summed E-state index contributed by atoms with van der Waals surface area (Å²) >= 11 is 0. The van der Waals surface area contributed by atoms with Crippen molar-refractivity contribution in [2.45, 2.75) is 19.8 Å². The Balaban J connectivity index is 2.20. The molecular weight excluding hydrogens is 356 g/mol. The molecular formula is C18H22N2O5S. The highest BCUT2D eigenvalue weighted by Crippen LogP contribution is 2.19. The van der Waals surface area contributed by atoms with E-state index in [1.165, 1.54) is 16.4 Å². The van der Waals surface area contributed by atoms with Gasteiger partial charge in [0, 0.05) is 29.9 Å². The maximum absolute atomic E-state index is 12.4. The summed E-state index contributed by atoms with van der Waals surface area (Å²) in [5.41, 5.74) is 1.47. The lowest BCUT2D eigenvalue weighted by atomic mass is 10.1. The highest BCUT2D eigenvalue weighted by Gasteiger charge is 2.17. The topological polar surface area (TPSA) is 107 Å². The Bertz CT molecular complexity index is 881. The van der Waals surface area contributed by atoms with Crippen molar-refractivity contribution in [1.82, 2.24) is 4.31 Å². The summed E-state index contributed by atoms with van der Waals surface area (Å²) in [6.45, 7) is 2.30. The van der Waals surface area contributed by atoms with Gasteiger partial charge in [-0.05, 0) is 23.8 Å². The predicted molar refractivity (Wildman–Crippen MR) is 98.9 cm³/mol. The third-order valence-electron chi connectivity index (χ3n) is 3.85. The fourth-order valence-corrected chi connectivity index (χ4v) is 3.39. The van der Waals surface area contributed by atoms with E-state index >= 15 is 0 Å². The molecule has 2 aromatic carbocycles. The van der Waals surface area contributed by atoms with Gasteiger partial charge in [0.2, 0.25) is 10.0 Å². The van der Waals surface area contributed by atoms with Crippen LogP contribution in [0, 0.1) is 0 Å². The molecule has 0 unspecified atom stereocenters. The van der Waals surface area contributed by atoms with E-state index in [0.29, 0.717) is 12.2 Å². The number of carbonyl (C=O) groups is 1. The molecule has 2 rings (SSSR count). The fraction of sp³-hybridized carbons (Fsp3) is 0.278. The zero-order valence-corrected chi connectivity index (χ0v) is 15.4. The first-order valence-corrected chi connectivity index (χ1v) is 9.87. The number of hydrogen-bond acceptors (Lipinski definition) is 5. The Morgan fingerprint density at radius 3 is 2.46 bits per heavy atom. The molecule has 8 heteroatoms. The molecule has 140 valence electrons. The molecule has 0 heterocycles. The largest absolute Gasteiger partial charge is 0.364 e. The lowest BCUT2D eigenvalue weighted by Gasteiger charge is -2.18. The molecule has 0 spiro atoms. The van der Waals surface area contributed by atoms with Crippen molar-refractivity contribution in [1.29, 1.82) is 0 Å².